The van der Waals surface area contributed by atoms with Crippen molar-refractivity contribution in [3.8, 4) is 0 Å². The lowest BCUT2D eigenvalue weighted by molar-refractivity contribution is 0.126. The van der Waals surface area contributed by atoms with Crippen LogP contribution in [0.15, 0.2) is 28.7 Å². The largest absolute Gasteiger partial charge is 0.306 e. The van der Waals surface area contributed by atoms with Gasteiger partial charge < -0.3 is 4.90 Å². The van der Waals surface area contributed by atoms with Gasteiger partial charge in [-0.3, -0.25) is 0 Å². The van der Waals surface area contributed by atoms with Crippen molar-refractivity contribution in [3.05, 3.63) is 34.3 Å². The minimum Gasteiger partial charge on any atom is -0.306 e. The lowest BCUT2D eigenvalue weighted by Gasteiger charge is -2.31. The van der Waals surface area contributed by atoms with Crippen LogP contribution >= 0.6 is 15.9 Å². The second kappa shape index (κ2) is 5.28. The Kier molecular flexibility index (Phi) is 3.98. The topological polar surface area (TPSA) is 3.24 Å². The number of rotatable bonds is 2. The Morgan fingerprint density at radius 2 is 2.31 bits per heavy atom. The molecule has 0 amide bonds. The number of benzene rings is 1. The zero-order valence-corrected chi connectivity index (χ0v) is 11.1. The quantitative estimate of drug-likeness (QED) is 0.799. The van der Waals surface area contributed by atoms with Gasteiger partial charge in [-0.15, -0.1) is 0 Å². The first-order chi connectivity index (χ1) is 7.66. The van der Waals surface area contributed by atoms with E-state index in [-0.39, 0.29) is 5.92 Å². The molecule has 1 aromatic rings. The average Bonchev–Trinajstić information content (AvgIpc) is 2.28. The Bertz CT molecular complexity index is 356. The molecule has 1 aliphatic rings. The minimum atomic E-state index is -0.833. The maximum Gasteiger partial charge on any atom is 0.129 e. The third kappa shape index (κ3) is 2.83. The molecule has 1 aromatic carbocycles. The summed E-state index contributed by atoms with van der Waals surface area (Å²) in [5.41, 5.74) is 0.801. The van der Waals surface area contributed by atoms with Crippen LogP contribution in [0.1, 0.15) is 24.6 Å². The second-order valence-electron chi connectivity index (χ2n) is 4.62. The van der Waals surface area contributed by atoms with Crippen LogP contribution in [-0.4, -0.2) is 25.0 Å². The van der Waals surface area contributed by atoms with Crippen LogP contribution < -0.4 is 0 Å². The molecule has 1 aliphatic heterocycles. The van der Waals surface area contributed by atoms with Gasteiger partial charge in [0, 0.05) is 16.9 Å². The molecule has 1 nitrogen and oxygen atoms in total. The average molecular weight is 286 g/mol. The Morgan fingerprint density at radius 1 is 1.50 bits per heavy atom. The van der Waals surface area contributed by atoms with Gasteiger partial charge in [0.25, 0.3) is 0 Å². The lowest BCUT2D eigenvalue weighted by Crippen LogP contribution is -2.34. The molecule has 2 unspecified atom stereocenters. The summed E-state index contributed by atoms with van der Waals surface area (Å²) in [5.74, 6) is 0.146. The first-order valence-corrected chi connectivity index (χ1v) is 6.54. The molecule has 0 saturated carbocycles. The number of halogens is 2. The van der Waals surface area contributed by atoms with Gasteiger partial charge in [0.1, 0.15) is 6.17 Å². The van der Waals surface area contributed by atoms with Crippen LogP contribution in [0.3, 0.4) is 0 Å². The smallest absolute Gasteiger partial charge is 0.129 e. The fourth-order valence-electron chi connectivity index (χ4n) is 2.40. The van der Waals surface area contributed by atoms with Crippen molar-refractivity contribution in [1.82, 2.24) is 4.90 Å². The number of likely N-dealkylation sites (tertiary alicyclic amines) is 1. The molecule has 0 aromatic heterocycles. The Balaban J connectivity index is 2.09. The van der Waals surface area contributed by atoms with E-state index in [1.807, 2.05) is 24.3 Å². The summed E-state index contributed by atoms with van der Waals surface area (Å²) in [5, 5.41) is 0. The highest BCUT2D eigenvalue weighted by molar-refractivity contribution is 9.10. The van der Waals surface area contributed by atoms with Gasteiger partial charge in [-0.25, -0.2) is 4.39 Å². The second-order valence-corrected chi connectivity index (χ2v) is 5.54. The predicted octanol–water partition coefficient (Wildman–Crippen LogP) is 3.80. The molecule has 0 N–H and O–H groups in total. The van der Waals surface area contributed by atoms with Crippen molar-refractivity contribution >= 4 is 15.9 Å². The van der Waals surface area contributed by atoms with Crippen LogP contribution in [0.2, 0.25) is 0 Å². The van der Waals surface area contributed by atoms with Crippen molar-refractivity contribution in [2.45, 2.75) is 19.0 Å². The van der Waals surface area contributed by atoms with Crippen molar-refractivity contribution in [3.63, 3.8) is 0 Å². The number of hydrogen-bond acceptors (Lipinski definition) is 1. The highest BCUT2D eigenvalue weighted by atomic mass is 79.9. The number of piperidine rings is 1. The monoisotopic (exact) mass is 285 g/mol. The van der Waals surface area contributed by atoms with Gasteiger partial charge >= 0.3 is 0 Å². The third-order valence-corrected chi connectivity index (χ3v) is 3.74. The number of nitrogens with zero attached hydrogens (tertiary/aromatic N) is 1. The normalized spacial score (nSPS) is 24.3. The van der Waals surface area contributed by atoms with Gasteiger partial charge in [-0.05, 0) is 44.1 Å². The molecule has 1 saturated heterocycles. The third-order valence-electron chi connectivity index (χ3n) is 3.24. The maximum absolute atomic E-state index is 14.3. The van der Waals surface area contributed by atoms with Gasteiger partial charge in [-0.1, -0.05) is 28.1 Å². The minimum absolute atomic E-state index is 0.146. The van der Waals surface area contributed by atoms with Crippen LogP contribution in [-0.2, 0) is 0 Å². The van der Waals surface area contributed by atoms with E-state index < -0.39 is 6.17 Å². The van der Waals surface area contributed by atoms with Crippen molar-refractivity contribution < 1.29 is 4.39 Å². The summed E-state index contributed by atoms with van der Waals surface area (Å²) in [6.45, 7) is 1.97. The molecule has 1 heterocycles. The van der Waals surface area contributed by atoms with Gasteiger partial charge in [0.05, 0.1) is 0 Å². The maximum atomic E-state index is 14.3. The molecule has 88 valence electrons. The fraction of sp³-hybridized carbons (Fsp3) is 0.538. The molecule has 0 radical (unpaired) electrons. The Hall–Kier alpha value is -0.410. The summed E-state index contributed by atoms with van der Waals surface area (Å²) in [6, 6.07) is 7.60. The van der Waals surface area contributed by atoms with Gasteiger partial charge in [-0.2, -0.15) is 0 Å². The molecular formula is C13H17BrFN. The van der Waals surface area contributed by atoms with E-state index in [1.54, 1.807) is 0 Å². The summed E-state index contributed by atoms with van der Waals surface area (Å²) in [7, 11) is 2.07. The fourth-order valence-corrected chi connectivity index (χ4v) is 2.81. The van der Waals surface area contributed by atoms with Crippen molar-refractivity contribution in [1.29, 1.82) is 0 Å². The molecule has 0 spiro atoms. The van der Waals surface area contributed by atoms with Gasteiger partial charge in [0.2, 0.25) is 0 Å². The van der Waals surface area contributed by atoms with E-state index in [1.165, 1.54) is 0 Å². The highest BCUT2D eigenvalue weighted by Crippen LogP contribution is 2.33. The number of alkyl halides is 1. The Labute approximate surface area is 105 Å². The Morgan fingerprint density at radius 3 is 3.00 bits per heavy atom. The highest BCUT2D eigenvalue weighted by Gasteiger charge is 2.26. The molecule has 2 atom stereocenters. The first kappa shape index (κ1) is 12.1. The summed E-state index contributed by atoms with van der Waals surface area (Å²) in [4.78, 5) is 2.22. The van der Waals surface area contributed by atoms with E-state index >= 15 is 0 Å². The van der Waals surface area contributed by atoms with Crippen LogP contribution in [0.25, 0.3) is 0 Å². The lowest BCUT2D eigenvalue weighted by atomic mass is 9.90. The molecular weight excluding hydrogens is 269 g/mol. The van der Waals surface area contributed by atoms with Gasteiger partial charge in [0.15, 0.2) is 0 Å². The van der Waals surface area contributed by atoms with Crippen LogP contribution in [0, 0.1) is 5.92 Å². The zero-order chi connectivity index (χ0) is 11.5. The summed E-state index contributed by atoms with van der Waals surface area (Å²) < 4.78 is 15.3. The molecule has 1 fully saturated rings. The first-order valence-electron chi connectivity index (χ1n) is 5.75. The molecule has 16 heavy (non-hydrogen) atoms. The van der Waals surface area contributed by atoms with Crippen molar-refractivity contribution in [2.75, 3.05) is 20.1 Å². The number of hydrogen-bond donors (Lipinski definition) is 0. The molecule has 2 rings (SSSR count). The summed E-state index contributed by atoms with van der Waals surface area (Å²) in [6.07, 6.45) is 1.27. The molecule has 3 heteroatoms. The molecule has 0 aliphatic carbocycles. The predicted molar refractivity (Wildman–Crippen MR) is 68.2 cm³/mol. The van der Waals surface area contributed by atoms with Crippen LogP contribution in [0.5, 0.6) is 0 Å². The van der Waals surface area contributed by atoms with E-state index in [0.29, 0.717) is 0 Å². The summed E-state index contributed by atoms with van der Waals surface area (Å²) >= 11 is 3.39. The van der Waals surface area contributed by atoms with E-state index in [4.69, 9.17) is 0 Å². The van der Waals surface area contributed by atoms with Crippen molar-refractivity contribution in [2.24, 2.45) is 5.92 Å². The molecule has 0 bridgehead atoms. The standard InChI is InChI=1S/C13H17BrFN/c1-16-7-3-5-11(9-16)13(15)10-4-2-6-12(14)8-10/h2,4,6,8,11,13H,3,5,7,9H2,1H3. The zero-order valence-electron chi connectivity index (χ0n) is 9.50. The van der Waals surface area contributed by atoms with E-state index in [0.717, 1.165) is 36.0 Å². The SMILES string of the molecule is CN1CCCC(C(F)c2cccc(Br)c2)C1. The van der Waals surface area contributed by atoms with Crippen LogP contribution in [0.4, 0.5) is 4.39 Å². The van der Waals surface area contributed by atoms with E-state index in [9.17, 15) is 4.39 Å². The van der Waals surface area contributed by atoms with E-state index in [2.05, 4.69) is 27.9 Å².